The van der Waals surface area contributed by atoms with Crippen LogP contribution in [0.5, 0.6) is 0 Å². The number of likely N-dealkylation sites (tertiary alicyclic amines) is 1. The first-order chi connectivity index (χ1) is 11.1. The second-order valence-electron chi connectivity index (χ2n) is 6.17. The molecule has 1 aromatic rings. The molecule has 1 saturated heterocycles. The standard InChI is InChI=1S/C17H26N4O2/c1-4-7-12(3)14-8-6-9-21(14)17(23)16(22)20-13-10-18-15(5-2)19-11-13/h10-12,14H,4-9H2,1-3H3,(H,20,22). The lowest BCUT2D eigenvalue weighted by atomic mass is 9.95. The molecular weight excluding hydrogens is 292 g/mol. The van der Waals surface area contributed by atoms with Gasteiger partial charge in [0.1, 0.15) is 5.82 Å². The first-order valence-corrected chi connectivity index (χ1v) is 8.49. The van der Waals surface area contributed by atoms with Gasteiger partial charge in [0.05, 0.1) is 18.1 Å². The molecule has 1 aliphatic heterocycles. The van der Waals surface area contributed by atoms with Gasteiger partial charge in [-0.05, 0) is 25.2 Å². The molecule has 1 N–H and O–H groups in total. The average Bonchev–Trinajstić information content (AvgIpc) is 3.04. The number of aryl methyl sites for hydroxylation is 1. The molecule has 0 aliphatic carbocycles. The summed E-state index contributed by atoms with van der Waals surface area (Å²) in [5.74, 6) is 0.0808. The molecule has 6 nitrogen and oxygen atoms in total. The van der Waals surface area contributed by atoms with Crippen molar-refractivity contribution in [3.63, 3.8) is 0 Å². The second kappa shape index (κ2) is 8.04. The normalized spacial score (nSPS) is 18.7. The van der Waals surface area contributed by atoms with Crippen LogP contribution in [-0.4, -0.2) is 39.3 Å². The Labute approximate surface area is 137 Å². The molecule has 2 heterocycles. The van der Waals surface area contributed by atoms with Crippen molar-refractivity contribution in [1.29, 1.82) is 0 Å². The van der Waals surface area contributed by atoms with Crippen molar-refractivity contribution in [2.45, 2.75) is 58.9 Å². The fraction of sp³-hybridized carbons (Fsp3) is 0.647. The highest BCUT2D eigenvalue weighted by Gasteiger charge is 2.35. The Hall–Kier alpha value is -1.98. The van der Waals surface area contributed by atoms with Gasteiger partial charge < -0.3 is 10.2 Å². The van der Waals surface area contributed by atoms with E-state index in [4.69, 9.17) is 0 Å². The molecule has 2 atom stereocenters. The number of carbonyl (C=O) groups excluding carboxylic acids is 2. The minimum absolute atomic E-state index is 0.173. The number of carbonyl (C=O) groups is 2. The third-order valence-electron chi connectivity index (χ3n) is 4.43. The summed E-state index contributed by atoms with van der Waals surface area (Å²) >= 11 is 0. The Morgan fingerprint density at radius 2 is 2.04 bits per heavy atom. The minimum atomic E-state index is -0.603. The van der Waals surface area contributed by atoms with E-state index in [-0.39, 0.29) is 6.04 Å². The van der Waals surface area contributed by atoms with Crippen LogP contribution in [0.15, 0.2) is 12.4 Å². The number of nitrogens with zero attached hydrogens (tertiary/aromatic N) is 3. The van der Waals surface area contributed by atoms with Gasteiger partial charge in [-0.1, -0.05) is 27.2 Å². The van der Waals surface area contributed by atoms with Crippen molar-refractivity contribution in [1.82, 2.24) is 14.9 Å². The van der Waals surface area contributed by atoms with Gasteiger partial charge in [0.2, 0.25) is 0 Å². The molecule has 0 saturated carbocycles. The number of aromatic nitrogens is 2. The molecule has 0 radical (unpaired) electrons. The van der Waals surface area contributed by atoms with Crippen LogP contribution in [-0.2, 0) is 16.0 Å². The molecule has 1 fully saturated rings. The van der Waals surface area contributed by atoms with Gasteiger partial charge in [0.15, 0.2) is 0 Å². The van der Waals surface area contributed by atoms with Crippen LogP contribution in [0.4, 0.5) is 5.69 Å². The number of nitrogens with one attached hydrogen (secondary N) is 1. The highest BCUT2D eigenvalue weighted by Crippen LogP contribution is 2.27. The maximum Gasteiger partial charge on any atom is 0.313 e. The molecule has 1 aromatic heterocycles. The van der Waals surface area contributed by atoms with Gasteiger partial charge in [-0.2, -0.15) is 0 Å². The molecule has 126 valence electrons. The summed E-state index contributed by atoms with van der Waals surface area (Å²) in [5.41, 5.74) is 0.456. The van der Waals surface area contributed by atoms with E-state index in [1.807, 2.05) is 6.92 Å². The third kappa shape index (κ3) is 4.27. The van der Waals surface area contributed by atoms with Crippen LogP contribution in [0, 0.1) is 5.92 Å². The highest BCUT2D eigenvalue weighted by atomic mass is 16.2. The zero-order valence-electron chi connectivity index (χ0n) is 14.2. The summed E-state index contributed by atoms with van der Waals surface area (Å²) in [4.78, 5) is 34.7. The molecule has 2 amide bonds. The molecule has 0 aromatic carbocycles. The van der Waals surface area contributed by atoms with Gasteiger partial charge in [0.25, 0.3) is 0 Å². The van der Waals surface area contributed by atoms with E-state index in [9.17, 15) is 9.59 Å². The summed E-state index contributed by atoms with van der Waals surface area (Å²) in [7, 11) is 0. The summed E-state index contributed by atoms with van der Waals surface area (Å²) < 4.78 is 0. The van der Waals surface area contributed by atoms with Crippen LogP contribution in [0.25, 0.3) is 0 Å². The van der Waals surface area contributed by atoms with E-state index in [2.05, 4.69) is 29.1 Å². The number of amides is 2. The van der Waals surface area contributed by atoms with Crippen molar-refractivity contribution in [2.75, 3.05) is 11.9 Å². The number of hydrogen-bond donors (Lipinski definition) is 1. The van der Waals surface area contributed by atoms with Gasteiger partial charge >= 0.3 is 11.8 Å². The summed E-state index contributed by atoms with van der Waals surface area (Å²) in [6.45, 7) is 6.93. The minimum Gasteiger partial charge on any atom is -0.331 e. The third-order valence-corrected chi connectivity index (χ3v) is 4.43. The Morgan fingerprint density at radius 1 is 1.35 bits per heavy atom. The topological polar surface area (TPSA) is 75.2 Å². The van der Waals surface area contributed by atoms with E-state index in [1.54, 1.807) is 4.90 Å². The van der Waals surface area contributed by atoms with Crippen LogP contribution >= 0.6 is 0 Å². The van der Waals surface area contributed by atoms with E-state index in [0.717, 1.165) is 32.1 Å². The average molecular weight is 318 g/mol. The van der Waals surface area contributed by atoms with Crippen LogP contribution in [0.3, 0.4) is 0 Å². The van der Waals surface area contributed by atoms with Crippen LogP contribution in [0.2, 0.25) is 0 Å². The van der Waals surface area contributed by atoms with E-state index >= 15 is 0 Å². The summed E-state index contributed by atoms with van der Waals surface area (Å²) in [6.07, 6.45) is 7.92. The molecule has 0 bridgehead atoms. The smallest absolute Gasteiger partial charge is 0.313 e. The van der Waals surface area contributed by atoms with Crippen molar-refractivity contribution < 1.29 is 9.59 Å². The monoisotopic (exact) mass is 318 g/mol. The Bertz CT molecular complexity index is 544. The Balaban J connectivity index is 1.99. The van der Waals surface area contributed by atoms with Crippen molar-refractivity contribution in [3.05, 3.63) is 18.2 Å². The van der Waals surface area contributed by atoms with E-state index in [0.29, 0.717) is 24.0 Å². The Kier molecular flexibility index (Phi) is 6.07. The first-order valence-electron chi connectivity index (χ1n) is 8.49. The first kappa shape index (κ1) is 17.4. The molecule has 23 heavy (non-hydrogen) atoms. The van der Waals surface area contributed by atoms with Gasteiger partial charge in [0, 0.05) is 19.0 Å². The molecule has 1 aliphatic rings. The lowest BCUT2D eigenvalue weighted by Gasteiger charge is -2.29. The highest BCUT2D eigenvalue weighted by molar-refractivity contribution is 6.39. The number of anilines is 1. The second-order valence-corrected chi connectivity index (χ2v) is 6.17. The zero-order chi connectivity index (χ0) is 16.8. The number of hydrogen-bond acceptors (Lipinski definition) is 4. The van der Waals surface area contributed by atoms with Gasteiger partial charge in [-0.3, -0.25) is 9.59 Å². The zero-order valence-corrected chi connectivity index (χ0v) is 14.2. The molecule has 6 heteroatoms. The van der Waals surface area contributed by atoms with Crippen molar-refractivity contribution in [3.8, 4) is 0 Å². The quantitative estimate of drug-likeness (QED) is 0.846. The summed E-state index contributed by atoms with van der Waals surface area (Å²) in [6, 6.07) is 0.173. The lowest BCUT2D eigenvalue weighted by molar-refractivity contribution is -0.144. The maximum atomic E-state index is 12.5. The largest absolute Gasteiger partial charge is 0.331 e. The van der Waals surface area contributed by atoms with Crippen molar-refractivity contribution in [2.24, 2.45) is 5.92 Å². The van der Waals surface area contributed by atoms with Crippen LogP contribution in [0.1, 0.15) is 52.3 Å². The predicted molar refractivity (Wildman–Crippen MR) is 88.8 cm³/mol. The molecular formula is C17H26N4O2. The van der Waals surface area contributed by atoms with Gasteiger partial charge in [-0.25, -0.2) is 9.97 Å². The van der Waals surface area contributed by atoms with E-state index in [1.165, 1.54) is 12.4 Å². The molecule has 2 rings (SSSR count). The van der Waals surface area contributed by atoms with Crippen LogP contribution < -0.4 is 5.32 Å². The maximum absolute atomic E-state index is 12.5. The number of rotatable bonds is 5. The molecule has 0 spiro atoms. The Morgan fingerprint density at radius 3 is 2.65 bits per heavy atom. The fourth-order valence-electron chi connectivity index (χ4n) is 3.20. The lowest BCUT2D eigenvalue weighted by Crippen LogP contribution is -2.44. The molecule has 2 unspecified atom stereocenters. The fourth-order valence-corrected chi connectivity index (χ4v) is 3.20. The van der Waals surface area contributed by atoms with Crippen molar-refractivity contribution >= 4 is 17.5 Å². The van der Waals surface area contributed by atoms with Gasteiger partial charge in [-0.15, -0.1) is 0 Å². The summed E-state index contributed by atoms with van der Waals surface area (Å²) in [5, 5.41) is 2.61. The van der Waals surface area contributed by atoms with E-state index < -0.39 is 11.8 Å². The predicted octanol–water partition coefficient (Wildman–Crippen LogP) is 2.40. The SMILES string of the molecule is CCCC(C)C1CCCN1C(=O)C(=O)Nc1cnc(CC)nc1.